The highest BCUT2D eigenvalue weighted by Crippen LogP contribution is 2.13. The summed E-state index contributed by atoms with van der Waals surface area (Å²) in [6.07, 6.45) is 1.92. The third-order valence-electron chi connectivity index (χ3n) is 2.84. The minimum absolute atomic E-state index is 0.857. The third kappa shape index (κ3) is 3.31. The van der Waals surface area contributed by atoms with E-state index in [0.29, 0.717) is 0 Å². The molecule has 0 saturated heterocycles. The maximum atomic E-state index is 4.48. The predicted octanol–water partition coefficient (Wildman–Crippen LogP) is 2.44. The zero-order valence-electron chi connectivity index (χ0n) is 10.9. The summed E-state index contributed by atoms with van der Waals surface area (Å²) in [5.74, 6) is 0.999. The second-order valence-corrected chi connectivity index (χ2v) is 4.40. The highest BCUT2D eigenvalue weighted by molar-refractivity contribution is 5.39. The first-order valence-corrected chi connectivity index (χ1v) is 6.14. The Labute approximate surface area is 108 Å². The van der Waals surface area contributed by atoms with Crippen molar-refractivity contribution in [1.29, 1.82) is 0 Å². The van der Waals surface area contributed by atoms with E-state index < -0.39 is 0 Å². The van der Waals surface area contributed by atoms with E-state index in [2.05, 4.69) is 58.6 Å². The van der Waals surface area contributed by atoms with Crippen molar-refractivity contribution < 1.29 is 0 Å². The van der Waals surface area contributed by atoms with E-state index in [1.54, 1.807) is 0 Å². The highest BCUT2D eigenvalue weighted by atomic mass is 15.2. The number of nitrogens with one attached hydrogen (secondary N) is 1. The van der Waals surface area contributed by atoms with Gasteiger partial charge in [-0.1, -0.05) is 36.4 Å². The van der Waals surface area contributed by atoms with Crippen LogP contribution in [0.3, 0.4) is 0 Å². The van der Waals surface area contributed by atoms with E-state index in [-0.39, 0.29) is 0 Å². The Hall–Kier alpha value is -1.87. The molecule has 1 heterocycles. The molecule has 2 rings (SSSR count). The minimum atomic E-state index is 0.857. The molecule has 1 aromatic heterocycles. The lowest BCUT2D eigenvalue weighted by Gasteiger charge is -2.18. The standard InChI is InChI=1S/C15H19N3/c1-16-10-14-8-9-15(17-11-14)18(2)12-13-6-4-3-5-7-13/h3-9,11,16H,10,12H2,1-2H3. The lowest BCUT2D eigenvalue weighted by atomic mass is 10.2. The molecule has 0 aliphatic carbocycles. The number of nitrogens with zero attached hydrogens (tertiary/aromatic N) is 2. The van der Waals surface area contributed by atoms with E-state index in [1.165, 1.54) is 11.1 Å². The summed E-state index contributed by atoms with van der Waals surface area (Å²) in [6, 6.07) is 14.6. The molecule has 0 amide bonds. The molecule has 1 N–H and O–H groups in total. The van der Waals surface area contributed by atoms with Gasteiger partial charge in [-0.3, -0.25) is 0 Å². The van der Waals surface area contributed by atoms with Gasteiger partial charge in [0.25, 0.3) is 0 Å². The Morgan fingerprint density at radius 3 is 2.44 bits per heavy atom. The van der Waals surface area contributed by atoms with Gasteiger partial charge in [-0.25, -0.2) is 4.98 Å². The number of hydrogen-bond donors (Lipinski definition) is 1. The molecule has 3 nitrogen and oxygen atoms in total. The van der Waals surface area contributed by atoms with Gasteiger partial charge in [-0.05, 0) is 24.2 Å². The summed E-state index contributed by atoms with van der Waals surface area (Å²) in [6.45, 7) is 1.73. The van der Waals surface area contributed by atoms with Crippen LogP contribution in [-0.4, -0.2) is 19.1 Å². The zero-order valence-corrected chi connectivity index (χ0v) is 10.9. The van der Waals surface area contributed by atoms with Crippen molar-refractivity contribution >= 4 is 5.82 Å². The molecule has 0 bridgehead atoms. The van der Waals surface area contributed by atoms with Crippen LogP contribution in [0.15, 0.2) is 48.7 Å². The van der Waals surface area contributed by atoms with Gasteiger partial charge in [-0.15, -0.1) is 0 Å². The summed E-state index contributed by atoms with van der Waals surface area (Å²) >= 11 is 0. The number of anilines is 1. The molecule has 0 aliphatic heterocycles. The fourth-order valence-electron chi connectivity index (χ4n) is 1.89. The Morgan fingerprint density at radius 1 is 1.06 bits per heavy atom. The Kier molecular flexibility index (Phi) is 4.31. The molecule has 0 saturated carbocycles. The Balaban J connectivity index is 2.02. The van der Waals surface area contributed by atoms with Crippen molar-refractivity contribution in [2.45, 2.75) is 13.1 Å². The van der Waals surface area contributed by atoms with Crippen LogP contribution >= 0.6 is 0 Å². The molecular formula is C15H19N3. The first kappa shape index (κ1) is 12.6. The molecule has 0 unspecified atom stereocenters. The molecule has 0 radical (unpaired) electrons. The maximum absolute atomic E-state index is 4.48. The van der Waals surface area contributed by atoms with E-state index in [1.807, 2.05) is 19.3 Å². The van der Waals surface area contributed by atoms with Gasteiger partial charge < -0.3 is 10.2 Å². The van der Waals surface area contributed by atoms with Crippen molar-refractivity contribution in [3.05, 3.63) is 59.8 Å². The molecule has 0 aliphatic rings. The van der Waals surface area contributed by atoms with E-state index in [9.17, 15) is 0 Å². The van der Waals surface area contributed by atoms with Crippen LogP contribution in [0.25, 0.3) is 0 Å². The highest BCUT2D eigenvalue weighted by Gasteiger charge is 2.03. The molecule has 2 aromatic rings. The summed E-state index contributed by atoms with van der Waals surface area (Å²) in [5, 5.41) is 3.12. The topological polar surface area (TPSA) is 28.2 Å². The number of benzene rings is 1. The maximum Gasteiger partial charge on any atom is 0.128 e. The van der Waals surface area contributed by atoms with Crippen LogP contribution in [-0.2, 0) is 13.1 Å². The number of rotatable bonds is 5. The summed E-state index contributed by atoms with van der Waals surface area (Å²) in [5.41, 5.74) is 2.50. The molecule has 0 fully saturated rings. The minimum Gasteiger partial charge on any atom is -0.355 e. The monoisotopic (exact) mass is 241 g/mol. The molecule has 0 spiro atoms. The summed E-state index contributed by atoms with van der Waals surface area (Å²) in [7, 11) is 4.00. The van der Waals surface area contributed by atoms with Crippen molar-refractivity contribution in [2.75, 3.05) is 19.0 Å². The van der Waals surface area contributed by atoms with Crippen LogP contribution in [0, 0.1) is 0 Å². The molecule has 1 aromatic carbocycles. The molecule has 94 valence electrons. The van der Waals surface area contributed by atoms with Gasteiger partial charge in [0.2, 0.25) is 0 Å². The van der Waals surface area contributed by atoms with Gasteiger partial charge in [0, 0.05) is 26.3 Å². The number of aromatic nitrogens is 1. The molecule has 0 atom stereocenters. The zero-order chi connectivity index (χ0) is 12.8. The third-order valence-corrected chi connectivity index (χ3v) is 2.84. The fourth-order valence-corrected chi connectivity index (χ4v) is 1.89. The number of hydrogen-bond acceptors (Lipinski definition) is 3. The first-order valence-electron chi connectivity index (χ1n) is 6.14. The smallest absolute Gasteiger partial charge is 0.128 e. The average molecular weight is 241 g/mol. The van der Waals surface area contributed by atoms with Crippen LogP contribution < -0.4 is 10.2 Å². The van der Waals surface area contributed by atoms with Crippen LogP contribution in [0.2, 0.25) is 0 Å². The molecule has 3 heteroatoms. The average Bonchev–Trinajstić information content (AvgIpc) is 2.41. The van der Waals surface area contributed by atoms with Crippen LogP contribution in [0.4, 0.5) is 5.82 Å². The van der Waals surface area contributed by atoms with Crippen molar-refractivity contribution in [3.63, 3.8) is 0 Å². The Morgan fingerprint density at radius 2 is 1.83 bits per heavy atom. The summed E-state index contributed by atoms with van der Waals surface area (Å²) in [4.78, 5) is 6.63. The molecular weight excluding hydrogens is 222 g/mol. The largest absolute Gasteiger partial charge is 0.355 e. The van der Waals surface area contributed by atoms with Gasteiger partial charge in [0.15, 0.2) is 0 Å². The Bertz CT molecular complexity index is 465. The quantitative estimate of drug-likeness (QED) is 0.871. The van der Waals surface area contributed by atoms with Crippen LogP contribution in [0.1, 0.15) is 11.1 Å². The first-order chi connectivity index (χ1) is 8.79. The number of pyridine rings is 1. The van der Waals surface area contributed by atoms with E-state index >= 15 is 0 Å². The van der Waals surface area contributed by atoms with Crippen LogP contribution in [0.5, 0.6) is 0 Å². The van der Waals surface area contributed by atoms with Gasteiger partial charge >= 0.3 is 0 Å². The van der Waals surface area contributed by atoms with Crippen molar-refractivity contribution in [1.82, 2.24) is 10.3 Å². The van der Waals surface area contributed by atoms with E-state index in [0.717, 1.165) is 18.9 Å². The predicted molar refractivity (Wildman–Crippen MR) is 75.5 cm³/mol. The molecule has 18 heavy (non-hydrogen) atoms. The van der Waals surface area contributed by atoms with Crippen molar-refractivity contribution in [3.8, 4) is 0 Å². The van der Waals surface area contributed by atoms with E-state index in [4.69, 9.17) is 0 Å². The lowest BCUT2D eigenvalue weighted by molar-refractivity contribution is 0.810. The normalized spacial score (nSPS) is 10.3. The van der Waals surface area contributed by atoms with Gasteiger partial charge in [0.1, 0.15) is 5.82 Å². The fraction of sp³-hybridized carbons (Fsp3) is 0.267. The van der Waals surface area contributed by atoms with Gasteiger partial charge in [0.05, 0.1) is 0 Å². The van der Waals surface area contributed by atoms with Gasteiger partial charge in [-0.2, -0.15) is 0 Å². The lowest BCUT2D eigenvalue weighted by Crippen LogP contribution is -2.17. The summed E-state index contributed by atoms with van der Waals surface area (Å²) < 4.78 is 0. The second kappa shape index (κ2) is 6.17. The second-order valence-electron chi connectivity index (χ2n) is 4.40. The van der Waals surface area contributed by atoms with Crippen molar-refractivity contribution in [2.24, 2.45) is 0 Å². The SMILES string of the molecule is CNCc1ccc(N(C)Cc2ccccc2)nc1.